The van der Waals surface area contributed by atoms with Crippen molar-refractivity contribution in [1.29, 1.82) is 5.26 Å². The number of anilines is 2. The van der Waals surface area contributed by atoms with Gasteiger partial charge in [-0.05, 0) is 55.0 Å². The van der Waals surface area contributed by atoms with Gasteiger partial charge in [-0.3, -0.25) is 4.79 Å². The summed E-state index contributed by atoms with van der Waals surface area (Å²) in [5.74, 6) is -1.03. The number of rotatable bonds is 6. The Kier molecular flexibility index (Phi) is 7.19. The number of nitrogens with one attached hydrogen (secondary N) is 1. The third-order valence-electron chi connectivity index (χ3n) is 4.62. The van der Waals surface area contributed by atoms with E-state index in [1.807, 2.05) is 30.3 Å². The molecule has 0 unspecified atom stereocenters. The van der Waals surface area contributed by atoms with E-state index in [9.17, 15) is 9.59 Å². The number of amides is 1. The molecule has 0 spiro atoms. The molecule has 1 heterocycles. The van der Waals surface area contributed by atoms with Crippen molar-refractivity contribution in [3.05, 3.63) is 65.7 Å². The summed E-state index contributed by atoms with van der Waals surface area (Å²) >= 11 is 0. The van der Waals surface area contributed by atoms with Gasteiger partial charge in [0.25, 0.3) is 5.91 Å². The average Bonchev–Trinajstić information content (AvgIpc) is 2.79. The summed E-state index contributed by atoms with van der Waals surface area (Å²) in [6.07, 6.45) is 1.88. The lowest BCUT2D eigenvalue weighted by molar-refractivity contribution is -0.148. The summed E-state index contributed by atoms with van der Waals surface area (Å²) in [6.45, 7) is 4.62. The predicted octanol–water partition coefficient (Wildman–Crippen LogP) is 2.98. The molecule has 0 aromatic heterocycles. The number of hydrogen-bond acceptors (Lipinski definition) is 6. The van der Waals surface area contributed by atoms with E-state index in [1.165, 1.54) is 13.0 Å². The Morgan fingerprint density at radius 1 is 1.13 bits per heavy atom. The number of ether oxygens (including phenoxy) is 2. The van der Waals surface area contributed by atoms with Gasteiger partial charge in [-0.1, -0.05) is 12.1 Å². The van der Waals surface area contributed by atoms with Crippen molar-refractivity contribution >= 4 is 29.3 Å². The molecule has 0 saturated carbocycles. The number of hydrogen-bond donors (Lipinski definition) is 1. The van der Waals surface area contributed by atoms with Gasteiger partial charge in [-0.2, -0.15) is 5.26 Å². The van der Waals surface area contributed by atoms with Crippen LogP contribution in [-0.4, -0.2) is 44.3 Å². The summed E-state index contributed by atoms with van der Waals surface area (Å²) in [4.78, 5) is 26.5. The van der Waals surface area contributed by atoms with Crippen LogP contribution < -0.4 is 10.2 Å². The zero-order valence-electron chi connectivity index (χ0n) is 16.7. The van der Waals surface area contributed by atoms with Gasteiger partial charge in [0.15, 0.2) is 6.10 Å². The second-order valence-electron chi connectivity index (χ2n) is 6.78. The van der Waals surface area contributed by atoms with Crippen LogP contribution in [0.15, 0.2) is 54.6 Å². The van der Waals surface area contributed by atoms with Crippen LogP contribution in [0.4, 0.5) is 11.4 Å². The number of nitriles is 1. The van der Waals surface area contributed by atoms with Gasteiger partial charge in [0.05, 0.1) is 24.8 Å². The van der Waals surface area contributed by atoms with E-state index in [1.54, 1.807) is 30.3 Å². The third kappa shape index (κ3) is 5.93. The third-order valence-corrected chi connectivity index (χ3v) is 4.62. The molecule has 1 N–H and O–H groups in total. The molecule has 1 aliphatic heterocycles. The Hall–Kier alpha value is -3.63. The fourth-order valence-corrected chi connectivity index (χ4v) is 2.92. The molecule has 0 bridgehead atoms. The monoisotopic (exact) mass is 405 g/mol. The molecule has 7 heteroatoms. The van der Waals surface area contributed by atoms with Crippen LogP contribution in [0.2, 0.25) is 0 Å². The summed E-state index contributed by atoms with van der Waals surface area (Å²) in [5.41, 5.74) is 3.00. The Morgan fingerprint density at radius 2 is 1.80 bits per heavy atom. The minimum atomic E-state index is -0.943. The van der Waals surface area contributed by atoms with Crippen LogP contribution in [-0.2, 0) is 19.1 Å². The maximum Gasteiger partial charge on any atom is 0.331 e. The highest BCUT2D eigenvalue weighted by molar-refractivity contribution is 5.96. The van der Waals surface area contributed by atoms with E-state index in [4.69, 9.17) is 14.7 Å². The highest BCUT2D eigenvalue weighted by Crippen LogP contribution is 2.19. The maximum atomic E-state index is 12.3. The van der Waals surface area contributed by atoms with Gasteiger partial charge in [-0.25, -0.2) is 4.79 Å². The van der Waals surface area contributed by atoms with Crippen molar-refractivity contribution in [3.63, 3.8) is 0 Å². The molecule has 7 nitrogen and oxygen atoms in total. The summed E-state index contributed by atoms with van der Waals surface area (Å²) < 4.78 is 10.5. The first kappa shape index (κ1) is 21.1. The number of benzene rings is 2. The van der Waals surface area contributed by atoms with Gasteiger partial charge in [0.1, 0.15) is 0 Å². The number of carbonyl (C=O) groups is 2. The smallest absolute Gasteiger partial charge is 0.331 e. The summed E-state index contributed by atoms with van der Waals surface area (Å²) in [7, 11) is 0. The van der Waals surface area contributed by atoms with Crippen LogP contribution in [0.25, 0.3) is 6.08 Å². The number of nitrogens with zero attached hydrogens (tertiary/aromatic N) is 2. The van der Waals surface area contributed by atoms with Crippen molar-refractivity contribution in [3.8, 4) is 6.07 Å². The average molecular weight is 405 g/mol. The van der Waals surface area contributed by atoms with E-state index in [0.29, 0.717) is 24.5 Å². The van der Waals surface area contributed by atoms with Crippen LogP contribution in [0.3, 0.4) is 0 Å². The summed E-state index contributed by atoms with van der Waals surface area (Å²) in [5, 5.41) is 11.5. The molecule has 3 rings (SSSR count). The molecular weight excluding hydrogens is 382 g/mol. The zero-order valence-corrected chi connectivity index (χ0v) is 16.7. The van der Waals surface area contributed by atoms with E-state index >= 15 is 0 Å². The normalized spacial score (nSPS) is 14.7. The maximum absolute atomic E-state index is 12.3. The van der Waals surface area contributed by atoms with E-state index in [2.05, 4.69) is 10.2 Å². The van der Waals surface area contributed by atoms with Gasteiger partial charge in [-0.15, -0.1) is 0 Å². The van der Waals surface area contributed by atoms with Gasteiger partial charge in [0.2, 0.25) is 0 Å². The molecule has 1 atom stereocenters. The van der Waals surface area contributed by atoms with E-state index in [-0.39, 0.29) is 0 Å². The molecule has 2 aromatic rings. The Labute approximate surface area is 175 Å². The molecule has 2 aromatic carbocycles. The van der Waals surface area contributed by atoms with Crippen LogP contribution >= 0.6 is 0 Å². The molecule has 154 valence electrons. The van der Waals surface area contributed by atoms with Crippen molar-refractivity contribution in [1.82, 2.24) is 0 Å². The second kappa shape index (κ2) is 10.2. The SMILES string of the molecule is C[C@H](OC(=O)/C=C/c1ccc(C#N)cc1)C(=O)Nc1ccc(N2CCOCC2)cc1. The fraction of sp³-hybridized carbons (Fsp3) is 0.261. The number of morpholine rings is 1. The lowest BCUT2D eigenvalue weighted by Gasteiger charge is -2.28. The Morgan fingerprint density at radius 3 is 2.43 bits per heavy atom. The molecule has 1 amide bonds. The summed E-state index contributed by atoms with van der Waals surface area (Å²) in [6, 6.07) is 16.3. The van der Waals surface area contributed by atoms with Gasteiger partial charge >= 0.3 is 5.97 Å². The van der Waals surface area contributed by atoms with Crippen molar-refractivity contribution in [2.45, 2.75) is 13.0 Å². The zero-order chi connectivity index (χ0) is 21.3. The topological polar surface area (TPSA) is 91.7 Å². The van der Waals surface area contributed by atoms with Crippen LogP contribution in [0, 0.1) is 11.3 Å². The largest absolute Gasteiger partial charge is 0.449 e. The molecular formula is C23H23N3O4. The van der Waals surface area contributed by atoms with Crippen molar-refractivity contribution < 1.29 is 19.1 Å². The first-order valence-electron chi connectivity index (χ1n) is 9.67. The highest BCUT2D eigenvalue weighted by Gasteiger charge is 2.17. The number of esters is 1. The van der Waals surface area contributed by atoms with E-state index in [0.717, 1.165) is 24.3 Å². The molecule has 0 radical (unpaired) electrons. The van der Waals surface area contributed by atoms with Crippen LogP contribution in [0.1, 0.15) is 18.1 Å². The Bertz CT molecular complexity index is 940. The molecule has 1 fully saturated rings. The van der Waals surface area contributed by atoms with Crippen molar-refractivity contribution in [2.24, 2.45) is 0 Å². The standard InChI is InChI=1S/C23H23N3O4/c1-17(30-22(27)11-6-18-2-4-19(16-24)5-3-18)23(28)25-20-7-9-21(10-8-20)26-12-14-29-15-13-26/h2-11,17H,12-15H2,1H3,(H,25,28)/b11-6+/t17-/m0/s1. The highest BCUT2D eigenvalue weighted by atomic mass is 16.5. The predicted molar refractivity (Wildman–Crippen MR) is 114 cm³/mol. The minimum Gasteiger partial charge on any atom is -0.449 e. The Balaban J connectivity index is 1.49. The van der Waals surface area contributed by atoms with Gasteiger partial charge < -0.3 is 19.7 Å². The quantitative estimate of drug-likeness (QED) is 0.587. The lowest BCUT2D eigenvalue weighted by atomic mass is 10.1. The second-order valence-corrected chi connectivity index (χ2v) is 6.78. The fourth-order valence-electron chi connectivity index (χ4n) is 2.92. The molecule has 1 aliphatic rings. The molecule has 30 heavy (non-hydrogen) atoms. The molecule has 0 aliphatic carbocycles. The minimum absolute atomic E-state index is 0.408. The molecule has 1 saturated heterocycles. The first-order chi connectivity index (χ1) is 14.5. The lowest BCUT2D eigenvalue weighted by Crippen LogP contribution is -2.36. The van der Waals surface area contributed by atoms with E-state index < -0.39 is 18.0 Å². The van der Waals surface area contributed by atoms with Crippen LogP contribution in [0.5, 0.6) is 0 Å². The number of carbonyl (C=O) groups excluding carboxylic acids is 2. The van der Waals surface area contributed by atoms with Crippen molar-refractivity contribution in [2.75, 3.05) is 36.5 Å². The van der Waals surface area contributed by atoms with Gasteiger partial charge in [0, 0.05) is 30.5 Å². The first-order valence-corrected chi connectivity index (χ1v) is 9.67.